The fourth-order valence-electron chi connectivity index (χ4n) is 3.51. The van der Waals surface area contributed by atoms with Crippen LogP contribution in [0.1, 0.15) is 122 Å². The standard InChI is InChI=1S/C24H44O4.K/c1-2-3-4-5-6-7-8-9-10-11-12-13-14-15-16-17-18-19-20-22(24(27)28)21-23(25)26;/h15-16,22H,2-14,17-21H2,1H3,(H,25,26)(H,27,28);/q;+1/p-1/b16-15+;. The Bertz CT molecular complexity index is 410. The van der Waals surface area contributed by atoms with Gasteiger partial charge in [-0.3, -0.25) is 4.79 Å². The zero-order chi connectivity index (χ0) is 20.9. The molecule has 5 heteroatoms. The molecule has 0 saturated carbocycles. The molecule has 1 unspecified atom stereocenters. The van der Waals surface area contributed by atoms with Crippen LogP contribution < -0.4 is 56.5 Å². The predicted octanol–water partition coefficient (Wildman–Crippen LogP) is 3.04. The summed E-state index contributed by atoms with van der Waals surface area (Å²) in [5.74, 6) is -3.13. The summed E-state index contributed by atoms with van der Waals surface area (Å²) in [7, 11) is 0. The monoisotopic (exact) mass is 434 g/mol. The Hall–Kier alpha value is 0.316. The summed E-state index contributed by atoms with van der Waals surface area (Å²) in [6, 6.07) is 0. The van der Waals surface area contributed by atoms with Crippen LogP contribution in [0.4, 0.5) is 0 Å². The number of unbranched alkanes of at least 4 members (excludes halogenated alkanes) is 14. The molecule has 0 fully saturated rings. The molecule has 0 radical (unpaired) electrons. The molecule has 0 aromatic heterocycles. The third-order valence-electron chi connectivity index (χ3n) is 5.33. The number of allylic oxidation sites excluding steroid dienone is 2. The van der Waals surface area contributed by atoms with Crippen molar-refractivity contribution in [3.05, 3.63) is 12.2 Å². The summed E-state index contributed by atoms with van der Waals surface area (Å²) in [5, 5.41) is 19.5. The Morgan fingerprint density at radius 1 is 0.759 bits per heavy atom. The van der Waals surface area contributed by atoms with Gasteiger partial charge in [-0.05, 0) is 32.1 Å². The summed E-state index contributed by atoms with van der Waals surface area (Å²) >= 11 is 0. The average Bonchev–Trinajstić information content (AvgIpc) is 2.65. The van der Waals surface area contributed by atoms with Crippen LogP contribution in [0.15, 0.2) is 12.2 Å². The van der Waals surface area contributed by atoms with Gasteiger partial charge in [-0.25, -0.2) is 0 Å². The van der Waals surface area contributed by atoms with Crippen molar-refractivity contribution < 1.29 is 71.2 Å². The Balaban J connectivity index is 0. The van der Waals surface area contributed by atoms with E-state index in [1.807, 2.05) is 0 Å². The summed E-state index contributed by atoms with van der Waals surface area (Å²) < 4.78 is 0. The van der Waals surface area contributed by atoms with Gasteiger partial charge in [0.15, 0.2) is 0 Å². The molecule has 0 spiro atoms. The quantitative estimate of drug-likeness (QED) is 0.171. The third-order valence-corrected chi connectivity index (χ3v) is 5.33. The van der Waals surface area contributed by atoms with Crippen molar-refractivity contribution in [3.63, 3.8) is 0 Å². The minimum atomic E-state index is -1.28. The summed E-state index contributed by atoms with van der Waals surface area (Å²) in [6.45, 7) is 2.26. The second-order valence-electron chi connectivity index (χ2n) is 8.04. The molecule has 164 valence electrons. The predicted molar refractivity (Wildman–Crippen MR) is 114 cm³/mol. The summed E-state index contributed by atoms with van der Waals surface area (Å²) in [6.07, 6.45) is 24.6. The fraction of sp³-hybridized carbons (Fsp3) is 0.833. The Morgan fingerprint density at radius 2 is 1.17 bits per heavy atom. The van der Waals surface area contributed by atoms with Crippen LogP contribution in [0.2, 0.25) is 0 Å². The smallest absolute Gasteiger partial charge is 0.550 e. The van der Waals surface area contributed by atoms with Crippen LogP contribution >= 0.6 is 0 Å². The van der Waals surface area contributed by atoms with Crippen LogP contribution in [0.5, 0.6) is 0 Å². The second kappa shape index (κ2) is 24.6. The van der Waals surface area contributed by atoms with Crippen molar-refractivity contribution >= 4 is 11.9 Å². The van der Waals surface area contributed by atoms with Crippen LogP contribution in [-0.2, 0) is 9.59 Å². The number of hydrogen-bond donors (Lipinski definition) is 1. The van der Waals surface area contributed by atoms with Gasteiger partial charge in [0.1, 0.15) is 0 Å². The molecule has 0 rings (SSSR count). The first kappa shape index (κ1) is 31.5. The number of carbonyl (C=O) groups is 2. The summed E-state index contributed by atoms with van der Waals surface area (Å²) in [5.41, 5.74) is 0. The van der Waals surface area contributed by atoms with Crippen molar-refractivity contribution in [2.24, 2.45) is 5.92 Å². The molecule has 0 aliphatic rings. The maximum absolute atomic E-state index is 10.9. The number of hydrogen-bond acceptors (Lipinski definition) is 3. The Morgan fingerprint density at radius 3 is 1.59 bits per heavy atom. The Kier molecular flexibility index (Phi) is 26.7. The number of carbonyl (C=O) groups excluding carboxylic acids is 1. The van der Waals surface area contributed by atoms with E-state index in [4.69, 9.17) is 5.11 Å². The van der Waals surface area contributed by atoms with Crippen molar-refractivity contribution in [2.75, 3.05) is 0 Å². The largest absolute Gasteiger partial charge is 1.00 e. The van der Waals surface area contributed by atoms with E-state index in [1.165, 1.54) is 77.0 Å². The SMILES string of the molecule is CCCCCCCCCCCCCC/C=C/CCCCC(CC(=O)[O-])C(=O)O.[K+]. The zero-order valence-electron chi connectivity index (χ0n) is 19.1. The van der Waals surface area contributed by atoms with Crippen molar-refractivity contribution in [1.82, 2.24) is 0 Å². The van der Waals surface area contributed by atoms with E-state index >= 15 is 0 Å². The summed E-state index contributed by atoms with van der Waals surface area (Å²) in [4.78, 5) is 21.5. The van der Waals surface area contributed by atoms with E-state index in [-0.39, 0.29) is 57.8 Å². The molecule has 0 amide bonds. The minimum Gasteiger partial charge on any atom is -0.550 e. The third kappa shape index (κ3) is 24.5. The maximum atomic E-state index is 10.9. The topological polar surface area (TPSA) is 77.4 Å². The van der Waals surface area contributed by atoms with E-state index in [2.05, 4.69) is 19.1 Å². The van der Waals surface area contributed by atoms with Crippen molar-refractivity contribution in [1.29, 1.82) is 0 Å². The van der Waals surface area contributed by atoms with Crippen LogP contribution in [0, 0.1) is 5.92 Å². The average molecular weight is 435 g/mol. The minimum absolute atomic E-state index is 0. The van der Waals surface area contributed by atoms with Gasteiger partial charge in [-0.15, -0.1) is 0 Å². The molecule has 0 aliphatic heterocycles. The second-order valence-corrected chi connectivity index (χ2v) is 8.04. The molecule has 1 N–H and O–H groups in total. The van der Waals surface area contributed by atoms with Crippen molar-refractivity contribution in [3.8, 4) is 0 Å². The van der Waals surface area contributed by atoms with Crippen LogP contribution in [0.3, 0.4) is 0 Å². The van der Waals surface area contributed by atoms with Crippen LogP contribution in [0.25, 0.3) is 0 Å². The van der Waals surface area contributed by atoms with Gasteiger partial charge >= 0.3 is 57.4 Å². The van der Waals surface area contributed by atoms with Crippen LogP contribution in [-0.4, -0.2) is 17.0 Å². The first-order chi connectivity index (χ1) is 13.6. The first-order valence-corrected chi connectivity index (χ1v) is 11.7. The molecule has 0 heterocycles. The van der Waals surface area contributed by atoms with Gasteiger partial charge in [-0.2, -0.15) is 0 Å². The van der Waals surface area contributed by atoms with Gasteiger partial charge in [0.25, 0.3) is 0 Å². The van der Waals surface area contributed by atoms with E-state index in [0.717, 1.165) is 25.7 Å². The number of carboxylic acids is 2. The van der Waals surface area contributed by atoms with Crippen molar-refractivity contribution in [2.45, 2.75) is 122 Å². The first-order valence-electron chi connectivity index (χ1n) is 11.7. The van der Waals surface area contributed by atoms with Gasteiger partial charge in [0.05, 0.1) is 5.92 Å². The zero-order valence-corrected chi connectivity index (χ0v) is 22.3. The Labute approximate surface area is 221 Å². The molecule has 0 aromatic rings. The number of aliphatic carboxylic acids is 2. The molecular weight excluding hydrogens is 391 g/mol. The van der Waals surface area contributed by atoms with E-state index in [0.29, 0.717) is 6.42 Å². The fourth-order valence-corrected chi connectivity index (χ4v) is 3.51. The van der Waals surface area contributed by atoms with Gasteiger partial charge in [-0.1, -0.05) is 96.1 Å². The molecule has 0 bridgehead atoms. The normalized spacial score (nSPS) is 12.0. The van der Waals surface area contributed by atoms with E-state index < -0.39 is 17.9 Å². The molecular formula is C24H43KO4. The number of rotatable bonds is 21. The van der Waals surface area contributed by atoms with Gasteiger partial charge < -0.3 is 15.0 Å². The number of carboxylic acid groups (broad SMARTS) is 2. The van der Waals surface area contributed by atoms with Gasteiger partial charge in [0.2, 0.25) is 0 Å². The molecule has 0 aromatic carbocycles. The molecule has 0 saturated heterocycles. The molecule has 29 heavy (non-hydrogen) atoms. The molecule has 0 aliphatic carbocycles. The molecule has 1 atom stereocenters. The van der Waals surface area contributed by atoms with Gasteiger partial charge in [0, 0.05) is 12.4 Å². The van der Waals surface area contributed by atoms with E-state index in [1.54, 1.807) is 0 Å². The maximum Gasteiger partial charge on any atom is 1.00 e. The molecule has 4 nitrogen and oxygen atoms in total. The van der Waals surface area contributed by atoms with E-state index in [9.17, 15) is 14.7 Å².